The topological polar surface area (TPSA) is 59.8 Å². The number of halogens is 1. The van der Waals surface area contributed by atoms with E-state index >= 15 is 0 Å². The van der Waals surface area contributed by atoms with Crippen LogP contribution in [0, 0.1) is 0 Å². The van der Waals surface area contributed by atoms with Gasteiger partial charge in [-0.25, -0.2) is 4.98 Å². The van der Waals surface area contributed by atoms with Gasteiger partial charge in [0.05, 0.1) is 17.1 Å². The third kappa shape index (κ3) is 2.96. The van der Waals surface area contributed by atoms with Crippen LogP contribution in [0.3, 0.4) is 0 Å². The number of anilines is 1. The van der Waals surface area contributed by atoms with Gasteiger partial charge in [-0.05, 0) is 53.8 Å². The SMILES string of the molecule is O=C1CC(c2cccc(Cl)c2)CC2=C1C(c1cccnc1)n1c(nc3ccccc31)N2. The van der Waals surface area contributed by atoms with E-state index in [9.17, 15) is 4.79 Å². The lowest BCUT2D eigenvalue weighted by Crippen LogP contribution is -2.33. The second kappa shape index (κ2) is 7.06. The second-order valence-electron chi connectivity index (χ2n) is 8.08. The molecule has 2 aliphatic rings. The van der Waals surface area contributed by atoms with Crippen molar-refractivity contribution in [2.75, 3.05) is 5.32 Å². The zero-order valence-electron chi connectivity index (χ0n) is 16.6. The molecule has 6 heteroatoms. The van der Waals surface area contributed by atoms with Gasteiger partial charge in [0.1, 0.15) is 0 Å². The van der Waals surface area contributed by atoms with Crippen LogP contribution in [-0.4, -0.2) is 20.3 Å². The first-order valence-electron chi connectivity index (χ1n) is 10.3. The Balaban J connectivity index is 1.52. The molecule has 4 aromatic rings. The molecule has 6 rings (SSSR count). The monoisotopic (exact) mass is 426 g/mol. The molecule has 0 saturated heterocycles. The minimum Gasteiger partial charge on any atom is -0.329 e. The molecule has 1 N–H and O–H groups in total. The number of allylic oxidation sites excluding steroid dienone is 2. The summed E-state index contributed by atoms with van der Waals surface area (Å²) in [5.74, 6) is 0.993. The summed E-state index contributed by atoms with van der Waals surface area (Å²) in [6.07, 6.45) is 4.79. The lowest BCUT2D eigenvalue weighted by Gasteiger charge is -2.36. The number of ketones is 1. The average Bonchev–Trinajstić information content (AvgIpc) is 3.16. The van der Waals surface area contributed by atoms with Crippen molar-refractivity contribution in [2.24, 2.45) is 0 Å². The third-order valence-corrected chi connectivity index (χ3v) is 6.45. The summed E-state index contributed by atoms with van der Waals surface area (Å²) in [7, 11) is 0. The second-order valence-corrected chi connectivity index (χ2v) is 8.52. The Kier molecular flexibility index (Phi) is 4.18. The summed E-state index contributed by atoms with van der Waals surface area (Å²) < 4.78 is 2.13. The first-order valence-corrected chi connectivity index (χ1v) is 10.7. The number of fused-ring (bicyclic) bond motifs is 3. The number of rotatable bonds is 2. The van der Waals surface area contributed by atoms with Gasteiger partial charge in [-0.1, -0.05) is 41.9 Å². The van der Waals surface area contributed by atoms with Crippen molar-refractivity contribution in [2.45, 2.75) is 24.8 Å². The van der Waals surface area contributed by atoms with Crippen LogP contribution in [0.25, 0.3) is 11.0 Å². The number of carbonyl (C=O) groups is 1. The van der Waals surface area contributed by atoms with E-state index in [0.717, 1.165) is 45.8 Å². The predicted molar refractivity (Wildman–Crippen MR) is 121 cm³/mol. The number of pyridine rings is 1. The standard InChI is InChI=1S/C25H19ClN4O/c26-18-7-3-5-15(11-18)17-12-20-23(22(31)13-17)24(16-6-4-10-27-14-16)30-21-9-2-1-8-19(21)28-25(30)29-20/h1-11,14,17,24H,12-13H2,(H,28,29). The third-order valence-electron chi connectivity index (χ3n) is 6.22. The van der Waals surface area contributed by atoms with Gasteiger partial charge < -0.3 is 5.32 Å². The van der Waals surface area contributed by atoms with E-state index in [2.05, 4.69) is 14.9 Å². The fraction of sp³-hybridized carbons (Fsp3) is 0.160. The fourth-order valence-corrected chi connectivity index (χ4v) is 5.07. The van der Waals surface area contributed by atoms with E-state index in [4.69, 9.17) is 16.6 Å². The Hall–Kier alpha value is -3.44. The molecule has 0 saturated carbocycles. The number of Topliss-reactive ketones (excluding diaryl/α,β-unsaturated/α-hetero) is 1. The van der Waals surface area contributed by atoms with Crippen LogP contribution in [-0.2, 0) is 4.79 Å². The molecular weight excluding hydrogens is 408 g/mol. The minimum atomic E-state index is -0.250. The zero-order valence-corrected chi connectivity index (χ0v) is 17.4. The molecule has 2 aromatic heterocycles. The summed E-state index contributed by atoms with van der Waals surface area (Å²) >= 11 is 6.22. The number of para-hydroxylation sites is 2. The number of nitrogens with one attached hydrogen (secondary N) is 1. The van der Waals surface area contributed by atoms with Gasteiger partial charge in [0.2, 0.25) is 5.95 Å². The van der Waals surface area contributed by atoms with Crippen LogP contribution >= 0.6 is 11.6 Å². The molecule has 0 fully saturated rings. The lowest BCUT2D eigenvalue weighted by atomic mass is 9.78. The van der Waals surface area contributed by atoms with E-state index in [0.29, 0.717) is 11.4 Å². The number of carbonyl (C=O) groups excluding carboxylic acids is 1. The van der Waals surface area contributed by atoms with Gasteiger partial charge in [0.25, 0.3) is 0 Å². The van der Waals surface area contributed by atoms with Crippen LogP contribution in [0.4, 0.5) is 5.95 Å². The molecule has 1 aliphatic heterocycles. The molecular formula is C25H19ClN4O. The Morgan fingerprint density at radius 3 is 2.71 bits per heavy atom. The molecule has 3 heterocycles. The summed E-state index contributed by atoms with van der Waals surface area (Å²) in [5.41, 5.74) is 5.72. The largest absolute Gasteiger partial charge is 0.329 e. The Labute approximate surface area is 184 Å². The summed E-state index contributed by atoms with van der Waals surface area (Å²) in [4.78, 5) is 22.7. The van der Waals surface area contributed by atoms with Crippen molar-refractivity contribution in [3.8, 4) is 0 Å². The Bertz CT molecular complexity index is 1360. The predicted octanol–water partition coefficient (Wildman–Crippen LogP) is 5.50. The fourth-order valence-electron chi connectivity index (χ4n) is 4.87. The van der Waals surface area contributed by atoms with E-state index in [1.165, 1.54) is 0 Å². The molecule has 152 valence electrons. The minimum absolute atomic E-state index is 0.0860. The quantitative estimate of drug-likeness (QED) is 0.459. The molecule has 0 bridgehead atoms. The smallest absolute Gasteiger partial charge is 0.209 e. The van der Waals surface area contributed by atoms with E-state index in [-0.39, 0.29) is 17.7 Å². The lowest BCUT2D eigenvalue weighted by molar-refractivity contribution is -0.116. The number of imidazole rings is 1. The van der Waals surface area contributed by atoms with E-state index in [1.807, 2.05) is 66.9 Å². The summed E-state index contributed by atoms with van der Waals surface area (Å²) in [5, 5.41) is 4.18. The van der Waals surface area contributed by atoms with Crippen LogP contribution in [0.5, 0.6) is 0 Å². The van der Waals surface area contributed by atoms with Crippen LogP contribution < -0.4 is 5.32 Å². The van der Waals surface area contributed by atoms with Gasteiger partial charge in [-0.3, -0.25) is 14.3 Å². The highest BCUT2D eigenvalue weighted by molar-refractivity contribution is 6.30. The molecule has 5 nitrogen and oxygen atoms in total. The highest BCUT2D eigenvalue weighted by Crippen LogP contribution is 2.45. The maximum Gasteiger partial charge on any atom is 0.209 e. The van der Waals surface area contributed by atoms with E-state index in [1.54, 1.807) is 6.20 Å². The highest BCUT2D eigenvalue weighted by Gasteiger charge is 2.39. The molecule has 0 radical (unpaired) electrons. The molecule has 31 heavy (non-hydrogen) atoms. The highest BCUT2D eigenvalue weighted by atomic mass is 35.5. The van der Waals surface area contributed by atoms with Crippen molar-refractivity contribution in [3.05, 3.63) is 100 Å². The van der Waals surface area contributed by atoms with Crippen LogP contribution in [0.15, 0.2) is 84.3 Å². The van der Waals surface area contributed by atoms with Gasteiger partial charge in [0.15, 0.2) is 5.78 Å². The molecule has 0 spiro atoms. The van der Waals surface area contributed by atoms with Crippen molar-refractivity contribution in [3.63, 3.8) is 0 Å². The normalized spacial score (nSPS) is 20.4. The van der Waals surface area contributed by atoms with Crippen molar-refractivity contribution in [1.82, 2.24) is 14.5 Å². The molecule has 2 atom stereocenters. The average molecular weight is 427 g/mol. The first-order chi connectivity index (χ1) is 15.2. The van der Waals surface area contributed by atoms with E-state index < -0.39 is 0 Å². The van der Waals surface area contributed by atoms with Gasteiger partial charge in [-0.15, -0.1) is 0 Å². The molecule has 0 amide bonds. The Morgan fingerprint density at radius 1 is 1.00 bits per heavy atom. The Morgan fingerprint density at radius 2 is 1.87 bits per heavy atom. The maximum atomic E-state index is 13.6. The molecule has 2 aromatic carbocycles. The number of nitrogens with zero attached hydrogens (tertiary/aromatic N) is 3. The van der Waals surface area contributed by atoms with Gasteiger partial charge in [0, 0.05) is 35.1 Å². The van der Waals surface area contributed by atoms with Crippen LogP contribution in [0.1, 0.15) is 35.9 Å². The first kappa shape index (κ1) is 18.3. The van der Waals surface area contributed by atoms with Crippen LogP contribution in [0.2, 0.25) is 5.02 Å². The molecule has 2 unspecified atom stereocenters. The maximum absolute atomic E-state index is 13.6. The zero-order chi connectivity index (χ0) is 20.9. The van der Waals surface area contributed by atoms with Crippen molar-refractivity contribution in [1.29, 1.82) is 0 Å². The summed E-state index contributed by atoms with van der Waals surface area (Å²) in [6, 6.07) is 19.5. The molecule has 1 aliphatic carbocycles. The summed E-state index contributed by atoms with van der Waals surface area (Å²) in [6.45, 7) is 0. The van der Waals surface area contributed by atoms with Crippen molar-refractivity contribution >= 4 is 34.4 Å². The van der Waals surface area contributed by atoms with Gasteiger partial charge in [-0.2, -0.15) is 0 Å². The number of hydrogen-bond donors (Lipinski definition) is 1. The number of benzene rings is 2. The number of hydrogen-bond acceptors (Lipinski definition) is 4. The van der Waals surface area contributed by atoms with Gasteiger partial charge >= 0.3 is 0 Å². The van der Waals surface area contributed by atoms with Crippen molar-refractivity contribution < 1.29 is 4.79 Å². The number of aromatic nitrogens is 3.